The van der Waals surface area contributed by atoms with Gasteiger partial charge < -0.3 is 0 Å². The average Bonchev–Trinajstić information content (AvgIpc) is 2.71. The Labute approximate surface area is 115 Å². The minimum atomic E-state index is -0.198. The molecule has 18 heavy (non-hydrogen) atoms. The number of rotatable bonds is 2. The lowest BCUT2D eigenvalue weighted by Crippen LogP contribution is -2.32. The highest BCUT2D eigenvalue weighted by molar-refractivity contribution is 9.10. The van der Waals surface area contributed by atoms with E-state index >= 15 is 0 Å². The van der Waals surface area contributed by atoms with Crippen LogP contribution in [0.1, 0.15) is 30.6 Å². The number of likely N-dealkylation sites (tertiary alicyclic amines) is 1. The zero-order valence-corrected chi connectivity index (χ0v) is 12.1. The number of hydrogen-bond acceptors (Lipinski definition) is 2. The quantitative estimate of drug-likeness (QED) is 0.787. The predicted octanol–water partition coefficient (Wildman–Crippen LogP) is 3.09. The Bertz CT molecular complexity index is 484. The van der Waals surface area contributed by atoms with Crippen molar-refractivity contribution in [3.05, 3.63) is 34.3 Å². The number of carbonyl (C=O) groups excluding carboxylic acids is 2. The van der Waals surface area contributed by atoms with Gasteiger partial charge in [-0.3, -0.25) is 14.5 Å². The van der Waals surface area contributed by atoms with E-state index in [1.54, 1.807) is 12.1 Å². The van der Waals surface area contributed by atoms with Crippen LogP contribution in [0.3, 0.4) is 0 Å². The second-order valence-electron chi connectivity index (χ2n) is 5.00. The lowest BCUT2D eigenvalue weighted by atomic mass is 9.95. The molecule has 0 bridgehead atoms. The van der Waals surface area contributed by atoms with E-state index in [2.05, 4.69) is 29.8 Å². The topological polar surface area (TPSA) is 37.4 Å². The fraction of sp³-hybridized carbons (Fsp3) is 0.429. The molecular formula is C14H16BrNO2. The van der Waals surface area contributed by atoms with Gasteiger partial charge in [0.25, 0.3) is 5.91 Å². The second kappa shape index (κ2) is 5.22. The summed E-state index contributed by atoms with van der Waals surface area (Å²) < 4.78 is 0.732. The van der Waals surface area contributed by atoms with E-state index in [1.165, 1.54) is 4.90 Å². The molecule has 1 atom stereocenters. The molecule has 2 amide bonds. The maximum atomic E-state index is 12.3. The first-order chi connectivity index (χ1) is 8.50. The number of benzene rings is 1. The molecule has 0 radical (unpaired) electrons. The van der Waals surface area contributed by atoms with Crippen molar-refractivity contribution >= 4 is 27.7 Å². The molecule has 2 rings (SSSR count). The maximum Gasteiger partial charge on any atom is 0.261 e. The lowest BCUT2D eigenvalue weighted by Gasteiger charge is -2.17. The van der Waals surface area contributed by atoms with Gasteiger partial charge in [-0.25, -0.2) is 0 Å². The van der Waals surface area contributed by atoms with Crippen molar-refractivity contribution in [2.45, 2.75) is 20.3 Å². The van der Waals surface area contributed by atoms with E-state index in [0.717, 1.165) is 4.47 Å². The molecule has 0 N–H and O–H groups in total. The van der Waals surface area contributed by atoms with E-state index in [0.29, 0.717) is 24.4 Å². The summed E-state index contributed by atoms with van der Waals surface area (Å²) in [7, 11) is 0. The minimum absolute atomic E-state index is 0.0607. The molecule has 0 spiro atoms. The van der Waals surface area contributed by atoms with Gasteiger partial charge in [0.05, 0.1) is 5.56 Å². The van der Waals surface area contributed by atoms with Crippen LogP contribution >= 0.6 is 15.9 Å². The zero-order valence-electron chi connectivity index (χ0n) is 10.5. The molecule has 1 saturated heterocycles. The number of carbonyl (C=O) groups is 2. The lowest BCUT2D eigenvalue weighted by molar-refractivity contribution is -0.125. The highest BCUT2D eigenvalue weighted by Crippen LogP contribution is 2.27. The Morgan fingerprint density at radius 1 is 1.39 bits per heavy atom. The largest absolute Gasteiger partial charge is 0.278 e. The number of halogens is 1. The van der Waals surface area contributed by atoms with Crippen molar-refractivity contribution in [2.75, 3.05) is 6.54 Å². The SMILES string of the molecule is CC(C)C1CC(=O)N(C(=O)c2ccccc2Br)C1. The van der Waals surface area contributed by atoms with Gasteiger partial charge in [-0.15, -0.1) is 0 Å². The van der Waals surface area contributed by atoms with Crippen LogP contribution in [0.25, 0.3) is 0 Å². The summed E-state index contributed by atoms with van der Waals surface area (Å²) in [6.45, 7) is 4.71. The summed E-state index contributed by atoms with van der Waals surface area (Å²) in [5.74, 6) is 0.444. The summed E-state index contributed by atoms with van der Waals surface area (Å²) in [4.78, 5) is 25.6. The van der Waals surface area contributed by atoms with Crippen LogP contribution in [0.4, 0.5) is 0 Å². The molecule has 96 valence electrons. The minimum Gasteiger partial charge on any atom is -0.278 e. The molecule has 1 aromatic carbocycles. The van der Waals surface area contributed by atoms with E-state index in [1.807, 2.05) is 12.1 Å². The summed E-state index contributed by atoms with van der Waals surface area (Å²) in [5, 5.41) is 0. The number of imide groups is 1. The Kier molecular flexibility index (Phi) is 3.85. The highest BCUT2D eigenvalue weighted by atomic mass is 79.9. The first-order valence-electron chi connectivity index (χ1n) is 6.10. The summed E-state index contributed by atoms with van der Waals surface area (Å²) in [6.07, 6.45) is 0.480. The molecule has 4 heteroatoms. The van der Waals surface area contributed by atoms with Crippen molar-refractivity contribution in [2.24, 2.45) is 11.8 Å². The van der Waals surface area contributed by atoms with Crippen molar-refractivity contribution < 1.29 is 9.59 Å². The predicted molar refractivity (Wildman–Crippen MR) is 73.1 cm³/mol. The number of nitrogens with zero attached hydrogens (tertiary/aromatic N) is 1. The van der Waals surface area contributed by atoms with Crippen LogP contribution in [0.5, 0.6) is 0 Å². The van der Waals surface area contributed by atoms with Crippen molar-refractivity contribution in [3.63, 3.8) is 0 Å². The molecule has 1 aliphatic heterocycles. The molecule has 0 aromatic heterocycles. The Morgan fingerprint density at radius 2 is 2.06 bits per heavy atom. The first kappa shape index (κ1) is 13.3. The van der Waals surface area contributed by atoms with Crippen LogP contribution in [0.2, 0.25) is 0 Å². The molecule has 0 saturated carbocycles. The average molecular weight is 310 g/mol. The molecule has 1 aromatic rings. The Morgan fingerprint density at radius 3 is 2.61 bits per heavy atom. The van der Waals surface area contributed by atoms with Gasteiger partial charge in [-0.1, -0.05) is 26.0 Å². The highest BCUT2D eigenvalue weighted by Gasteiger charge is 2.35. The van der Waals surface area contributed by atoms with Crippen molar-refractivity contribution in [1.82, 2.24) is 4.90 Å². The van der Waals surface area contributed by atoms with Gasteiger partial charge in [0.2, 0.25) is 5.91 Å². The van der Waals surface area contributed by atoms with Gasteiger partial charge in [-0.2, -0.15) is 0 Å². The van der Waals surface area contributed by atoms with E-state index in [-0.39, 0.29) is 17.7 Å². The van der Waals surface area contributed by atoms with Crippen molar-refractivity contribution in [1.29, 1.82) is 0 Å². The van der Waals surface area contributed by atoms with Crippen LogP contribution in [-0.2, 0) is 4.79 Å². The fourth-order valence-corrected chi connectivity index (χ4v) is 2.61. The molecule has 1 heterocycles. The van der Waals surface area contributed by atoms with Gasteiger partial charge in [-0.05, 0) is 39.9 Å². The van der Waals surface area contributed by atoms with Gasteiger partial charge in [0.15, 0.2) is 0 Å². The van der Waals surface area contributed by atoms with E-state index < -0.39 is 0 Å². The maximum absolute atomic E-state index is 12.3. The zero-order chi connectivity index (χ0) is 13.3. The third kappa shape index (κ3) is 2.48. The van der Waals surface area contributed by atoms with Gasteiger partial charge >= 0.3 is 0 Å². The summed E-state index contributed by atoms with van der Waals surface area (Å²) in [6, 6.07) is 7.21. The normalized spacial score (nSPS) is 19.7. The van der Waals surface area contributed by atoms with Gasteiger partial charge in [0.1, 0.15) is 0 Å². The standard InChI is InChI=1S/C14H16BrNO2/c1-9(2)10-7-13(17)16(8-10)14(18)11-5-3-4-6-12(11)15/h3-6,9-10H,7-8H2,1-2H3. The molecule has 1 aliphatic rings. The van der Waals surface area contributed by atoms with E-state index in [9.17, 15) is 9.59 Å². The smallest absolute Gasteiger partial charge is 0.261 e. The number of amides is 2. The van der Waals surface area contributed by atoms with Crippen LogP contribution in [-0.4, -0.2) is 23.3 Å². The molecule has 1 fully saturated rings. The van der Waals surface area contributed by atoms with Crippen LogP contribution in [0, 0.1) is 11.8 Å². The van der Waals surface area contributed by atoms with Crippen LogP contribution in [0.15, 0.2) is 28.7 Å². The molecule has 3 nitrogen and oxygen atoms in total. The summed E-state index contributed by atoms with van der Waals surface area (Å²) >= 11 is 3.35. The van der Waals surface area contributed by atoms with Crippen LogP contribution < -0.4 is 0 Å². The number of hydrogen-bond donors (Lipinski definition) is 0. The Hall–Kier alpha value is -1.16. The Balaban J connectivity index is 2.21. The molecular weight excluding hydrogens is 294 g/mol. The van der Waals surface area contributed by atoms with Gasteiger partial charge in [0, 0.05) is 17.4 Å². The molecule has 0 aliphatic carbocycles. The monoisotopic (exact) mass is 309 g/mol. The van der Waals surface area contributed by atoms with E-state index in [4.69, 9.17) is 0 Å². The molecule has 1 unspecified atom stereocenters. The second-order valence-corrected chi connectivity index (χ2v) is 5.85. The van der Waals surface area contributed by atoms with Crippen molar-refractivity contribution in [3.8, 4) is 0 Å². The third-order valence-electron chi connectivity index (χ3n) is 3.45. The summed E-state index contributed by atoms with van der Waals surface area (Å²) in [5.41, 5.74) is 0.551. The fourth-order valence-electron chi connectivity index (χ4n) is 2.16. The third-order valence-corrected chi connectivity index (χ3v) is 4.14. The first-order valence-corrected chi connectivity index (χ1v) is 6.89.